The molecule has 1 amide bonds. The van der Waals surface area contributed by atoms with Crippen molar-refractivity contribution in [2.45, 2.75) is 25.7 Å². The summed E-state index contributed by atoms with van der Waals surface area (Å²) in [4.78, 5) is 12.3. The minimum absolute atomic E-state index is 0.0839. The maximum Gasteiger partial charge on any atom is 0.260 e. The molecule has 0 bridgehead atoms. The topological polar surface area (TPSA) is 38.3 Å². The van der Waals surface area contributed by atoms with Crippen LogP contribution in [0.25, 0.3) is 10.8 Å². The van der Waals surface area contributed by atoms with Crippen molar-refractivity contribution >= 4 is 28.4 Å². The second kappa shape index (κ2) is 9.47. The SMILES string of the molecule is Cc1ccccc1CSCCNC(=O)[C@@H](C)Oc1cccc2ccccc12. The van der Waals surface area contributed by atoms with Crippen molar-refractivity contribution in [3.8, 4) is 5.75 Å². The number of hydrogen-bond acceptors (Lipinski definition) is 3. The molecule has 0 unspecified atom stereocenters. The van der Waals surface area contributed by atoms with Crippen LogP contribution in [0.1, 0.15) is 18.1 Å². The number of carbonyl (C=O) groups excluding carboxylic acids is 1. The zero-order valence-corrected chi connectivity index (χ0v) is 16.6. The largest absolute Gasteiger partial charge is 0.480 e. The van der Waals surface area contributed by atoms with Gasteiger partial charge in [0, 0.05) is 23.4 Å². The average molecular weight is 380 g/mol. The first-order chi connectivity index (χ1) is 13.1. The molecule has 3 aromatic rings. The summed E-state index contributed by atoms with van der Waals surface area (Å²) in [6.07, 6.45) is -0.530. The predicted molar refractivity (Wildman–Crippen MR) is 114 cm³/mol. The Bertz CT molecular complexity index is 904. The number of nitrogens with one attached hydrogen (secondary N) is 1. The number of ether oxygens (including phenoxy) is 1. The molecule has 0 heterocycles. The lowest BCUT2D eigenvalue weighted by molar-refractivity contribution is -0.127. The van der Waals surface area contributed by atoms with E-state index in [4.69, 9.17) is 4.74 Å². The Morgan fingerprint density at radius 3 is 2.63 bits per heavy atom. The lowest BCUT2D eigenvalue weighted by atomic mass is 10.1. The van der Waals surface area contributed by atoms with E-state index in [2.05, 4.69) is 36.5 Å². The first-order valence-corrected chi connectivity index (χ1v) is 10.3. The predicted octanol–water partition coefficient (Wildman–Crippen LogP) is 4.97. The van der Waals surface area contributed by atoms with E-state index >= 15 is 0 Å². The summed E-state index contributed by atoms with van der Waals surface area (Å²) in [6, 6.07) is 22.3. The molecule has 0 saturated carbocycles. The van der Waals surface area contributed by atoms with Gasteiger partial charge < -0.3 is 10.1 Å². The van der Waals surface area contributed by atoms with Crippen molar-refractivity contribution in [2.24, 2.45) is 0 Å². The molecule has 0 radical (unpaired) electrons. The van der Waals surface area contributed by atoms with E-state index < -0.39 is 6.10 Å². The lowest BCUT2D eigenvalue weighted by Gasteiger charge is -2.16. The van der Waals surface area contributed by atoms with Crippen LogP contribution >= 0.6 is 11.8 Å². The Morgan fingerprint density at radius 1 is 1.04 bits per heavy atom. The van der Waals surface area contributed by atoms with Crippen LogP contribution in [0.4, 0.5) is 0 Å². The monoisotopic (exact) mass is 379 g/mol. The zero-order valence-electron chi connectivity index (χ0n) is 15.8. The maximum absolute atomic E-state index is 12.3. The van der Waals surface area contributed by atoms with Crippen molar-refractivity contribution in [3.05, 3.63) is 77.9 Å². The van der Waals surface area contributed by atoms with Crippen LogP contribution in [0.5, 0.6) is 5.75 Å². The molecule has 1 N–H and O–H groups in total. The summed E-state index contributed by atoms with van der Waals surface area (Å²) in [7, 11) is 0. The van der Waals surface area contributed by atoms with Gasteiger partial charge >= 0.3 is 0 Å². The van der Waals surface area contributed by atoms with Crippen LogP contribution in [0, 0.1) is 6.92 Å². The molecule has 0 aliphatic heterocycles. The average Bonchev–Trinajstić information content (AvgIpc) is 2.69. The Labute approximate surface area is 165 Å². The number of carbonyl (C=O) groups is 1. The van der Waals surface area contributed by atoms with Crippen LogP contribution in [-0.2, 0) is 10.5 Å². The summed E-state index contributed by atoms with van der Waals surface area (Å²) < 4.78 is 5.91. The van der Waals surface area contributed by atoms with E-state index in [1.165, 1.54) is 11.1 Å². The van der Waals surface area contributed by atoms with Crippen LogP contribution in [0.2, 0.25) is 0 Å². The van der Waals surface area contributed by atoms with Crippen molar-refractivity contribution in [1.29, 1.82) is 0 Å². The third-order valence-electron chi connectivity index (χ3n) is 4.49. The molecular weight excluding hydrogens is 354 g/mol. The highest BCUT2D eigenvalue weighted by Crippen LogP contribution is 2.26. The molecule has 0 fully saturated rings. The van der Waals surface area contributed by atoms with Crippen molar-refractivity contribution < 1.29 is 9.53 Å². The maximum atomic E-state index is 12.3. The molecule has 0 aliphatic rings. The smallest absolute Gasteiger partial charge is 0.260 e. The van der Waals surface area contributed by atoms with Gasteiger partial charge in [-0.05, 0) is 36.4 Å². The van der Waals surface area contributed by atoms with Crippen LogP contribution in [0.3, 0.4) is 0 Å². The van der Waals surface area contributed by atoms with Crippen molar-refractivity contribution in [1.82, 2.24) is 5.32 Å². The number of amides is 1. The van der Waals surface area contributed by atoms with E-state index in [1.54, 1.807) is 6.92 Å². The van der Waals surface area contributed by atoms with E-state index in [1.807, 2.05) is 54.2 Å². The fraction of sp³-hybridized carbons (Fsp3) is 0.261. The fourth-order valence-corrected chi connectivity index (χ4v) is 3.82. The van der Waals surface area contributed by atoms with E-state index in [0.29, 0.717) is 6.54 Å². The van der Waals surface area contributed by atoms with E-state index in [-0.39, 0.29) is 5.91 Å². The van der Waals surface area contributed by atoms with Gasteiger partial charge in [0.25, 0.3) is 5.91 Å². The fourth-order valence-electron chi connectivity index (χ4n) is 2.89. The lowest BCUT2D eigenvalue weighted by Crippen LogP contribution is -2.37. The highest BCUT2D eigenvalue weighted by molar-refractivity contribution is 7.98. The second-order valence-corrected chi connectivity index (χ2v) is 7.61. The molecular formula is C23H25NO2S. The Kier molecular flexibility index (Phi) is 6.77. The third-order valence-corrected chi connectivity index (χ3v) is 5.49. The van der Waals surface area contributed by atoms with Gasteiger partial charge in [0.05, 0.1) is 0 Å². The standard InChI is InChI=1S/C23H25NO2S/c1-17-8-3-4-10-20(17)16-27-15-14-24-23(25)18(2)26-22-13-7-11-19-9-5-6-12-21(19)22/h3-13,18H,14-16H2,1-2H3,(H,24,25)/t18-/m1/s1. The normalized spacial score (nSPS) is 11.9. The Morgan fingerprint density at radius 2 is 1.78 bits per heavy atom. The molecule has 140 valence electrons. The summed E-state index contributed by atoms with van der Waals surface area (Å²) in [5, 5.41) is 5.10. The van der Waals surface area contributed by atoms with Gasteiger partial charge in [-0.15, -0.1) is 0 Å². The molecule has 0 aromatic heterocycles. The highest BCUT2D eigenvalue weighted by Gasteiger charge is 2.15. The minimum Gasteiger partial charge on any atom is -0.480 e. The van der Waals surface area contributed by atoms with E-state index in [9.17, 15) is 4.79 Å². The molecule has 3 nitrogen and oxygen atoms in total. The van der Waals surface area contributed by atoms with Gasteiger partial charge in [-0.1, -0.05) is 60.7 Å². The molecule has 1 atom stereocenters. The Balaban J connectivity index is 1.44. The summed E-state index contributed by atoms with van der Waals surface area (Å²) in [5.74, 6) is 2.50. The molecule has 3 aromatic carbocycles. The van der Waals surface area contributed by atoms with Gasteiger partial charge in [-0.25, -0.2) is 0 Å². The van der Waals surface area contributed by atoms with Gasteiger partial charge in [0.2, 0.25) is 0 Å². The quantitative estimate of drug-likeness (QED) is 0.562. The van der Waals surface area contributed by atoms with Crippen LogP contribution < -0.4 is 10.1 Å². The van der Waals surface area contributed by atoms with Gasteiger partial charge in [-0.2, -0.15) is 11.8 Å². The molecule has 0 saturated heterocycles. The number of hydrogen-bond donors (Lipinski definition) is 1. The van der Waals surface area contributed by atoms with Crippen molar-refractivity contribution in [3.63, 3.8) is 0 Å². The second-order valence-electron chi connectivity index (χ2n) is 6.51. The van der Waals surface area contributed by atoms with Crippen LogP contribution in [0.15, 0.2) is 66.7 Å². The Hall–Kier alpha value is -2.46. The zero-order chi connectivity index (χ0) is 19.1. The number of rotatable bonds is 8. The van der Waals surface area contributed by atoms with Gasteiger partial charge in [0.1, 0.15) is 5.75 Å². The van der Waals surface area contributed by atoms with Gasteiger partial charge in [0.15, 0.2) is 6.10 Å². The molecule has 4 heteroatoms. The minimum atomic E-state index is -0.530. The first kappa shape index (κ1) is 19.3. The summed E-state index contributed by atoms with van der Waals surface area (Å²) in [5.41, 5.74) is 2.66. The molecule has 27 heavy (non-hydrogen) atoms. The highest BCUT2D eigenvalue weighted by atomic mass is 32.2. The van der Waals surface area contributed by atoms with Crippen molar-refractivity contribution in [2.75, 3.05) is 12.3 Å². The molecule has 0 spiro atoms. The first-order valence-electron chi connectivity index (χ1n) is 9.19. The number of fused-ring (bicyclic) bond motifs is 1. The third kappa shape index (κ3) is 5.27. The van der Waals surface area contributed by atoms with Crippen LogP contribution in [-0.4, -0.2) is 24.3 Å². The van der Waals surface area contributed by atoms with E-state index in [0.717, 1.165) is 28.0 Å². The molecule has 3 rings (SSSR count). The summed E-state index contributed by atoms with van der Waals surface area (Å²) >= 11 is 1.82. The number of thioether (sulfide) groups is 1. The van der Waals surface area contributed by atoms with Gasteiger partial charge in [-0.3, -0.25) is 4.79 Å². The molecule has 0 aliphatic carbocycles. The number of benzene rings is 3. The number of aryl methyl sites for hydroxylation is 1. The summed E-state index contributed by atoms with van der Waals surface area (Å²) in [6.45, 7) is 4.56.